The molecule has 0 bridgehead atoms. The first kappa shape index (κ1) is 16.3. The lowest BCUT2D eigenvalue weighted by molar-refractivity contribution is 0.0706. The van der Waals surface area contributed by atoms with Crippen molar-refractivity contribution < 1.29 is 4.79 Å². The molecular weight excluding hydrogens is 328 g/mol. The highest BCUT2D eigenvalue weighted by Crippen LogP contribution is 2.33. The zero-order valence-electron chi connectivity index (χ0n) is 14.7. The summed E-state index contributed by atoms with van der Waals surface area (Å²) in [6, 6.07) is 14.4. The first-order valence-corrected chi connectivity index (χ1v) is 9.65. The minimum absolute atomic E-state index is 0.159. The van der Waals surface area contributed by atoms with E-state index in [9.17, 15) is 4.79 Å². The van der Waals surface area contributed by atoms with Crippen LogP contribution in [0.15, 0.2) is 42.5 Å². The van der Waals surface area contributed by atoms with E-state index in [1.807, 2.05) is 36.9 Å². The molecule has 25 heavy (non-hydrogen) atoms. The molecule has 0 saturated carbocycles. The molecule has 0 radical (unpaired) electrons. The lowest BCUT2D eigenvalue weighted by atomic mass is 9.97. The Morgan fingerprint density at radius 2 is 2.04 bits per heavy atom. The maximum Gasteiger partial charge on any atom is 0.254 e. The summed E-state index contributed by atoms with van der Waals surface area (Å²) in [5, 5.41) is 1.17. The molecule has 2 aromatic carbocycles. The molecule has 0 unspecified atom stereocenters. The van der Waals surface area contributed by atoms with E-state index in [-0.39, 0.29) is 5.91 Å². The fraction of sp³-hybridized carbons (Fsp3) is 0.333. The van der Waals surface area contributed by atoms with E-state index in [1.54, 1.807) is 11.3 Å². The van der Waals surface area contributed by atoms with Gasteiger partial charge < -0.3 is 4.90 Å². The van der Waals surface area contributed by atoms with Gasteiger partial charge in [-0.2, -0.15) is 0 Å². The third-order valence-electron chi connectivity index (χ3n) is 4.99. The van der Waals surface area contributed by atoms with Crippen LogP contribution in [0.2, 0.25) is 0 Å². The van der Waals surface area contributed by atoms with Crippen molar-refractivity contribution in [2.75, 3.05) is 13.1 Å². The van der Waals surface area contributed by atoms with Crippen molar-refractivity contribution in [3.8, 4) is 0 Å². The fourth-order valence-electron chi connectivity index (χ4n) is 3.56. The molecule has 2 heterocycles. The number of fused-ring (bicyclic) bond motifs is 1. The van der Waals surface area contributed by atoms with Crippen molar-refractivity contribution in [1.82, 2.24) is 9.88 Å². The van der Waals surface area contributed by atoms with Crippen LogP contribution in [-0.4, -0.2) is 28.9 Å². The Morgan fingerprint density at radius 3 is 2.88 bits per heavy atom. The first-order valence-electron chi connectivity index (χ1n) is 8.84. The van der Waals surface area contributed by atoms with Crippen LogP contribution in [0.5, 0.6) is 0 Å². The van der Waals surface area contributed by atoms with Crippen LogP contribution in [0.3, 0.4) is 0 Å². The Bertz CT molecular complexity index is 898. The second-order valence-corrected chi connectivity index (χ2v) is 7.99. The standard InChI is InChI=1S/C21H22N2OS/c1-14-9-10-15(2)17(12-14)21(24)23-11-5-6-16(13-23)20-22-18-7-3-4-8-19(18)25-20/h3-4,7-10,12,16H,5-6,11,13H2,1-2H3/t16-/m1/s1. The smallest absolute Gasteiger partial charge is 0.254 e. The second-order valence-electron chi connectivity index (χ2n) is 6.93. The van der Waals surface area contributed by atoms with Crippen molar-refractivity contribution in [3.05, 3.63) is 64.2 Å². The molecule has 3 aromatic rings. The Kier molecular flexibility index (Phi) is 4.30. The largest absolute Gasteiger partial charge is 0.338 e. The molecule has 1 fully saturated rings. The number of hydrogen-bond donors (Lipinski definition) is 0. The molecule has 0 aliphatic carbocycles. The Morgan fingerprint density at radius 1 is 1.20 bits per heavy atom. The van der Waals surface area contributed by atoms with Gasteiger partial charge in [0.2, 0.25) is 0 Å². The number of likely N-dealkylation sites (tertiary alicyclic amines) is 1. The quantitative estimate of drug-likeness (QED) is 0.656. The van der Waals surface area contributed by atoms with Crippen molar-refractivity contribution >= 4 is 27.5 Å². The lowest BCUT2D eigenvalue weighted by Gasteiger charge is -2.32. The van der Waals surface area contributed by atoms with Crippen molar-refractivity contribution in [2.45, 2.75) is 32.6 Å². The molecule has 1 atom stereocenters. The zero-order chi connectivity index (χ0) is 17.4. The van der Waals surface area contributed by atoms with Gasteiger partial charge in [-0.25, -0.2) is 4.98 Å². The van der Waals surface area contributed by atoms with Crippen molar-refractivity contribution in [2.24, 2.45) is 0 Å². The number of carbonyl (C=O) groups excluding carboxylic acids is 1. The van der Waals surface area contributed by atoms with Crippen LogP contribution in [-0.2, 0) is 0 Å². The number of thiazole rings is 1. The number of nitrogens with zero attached hydrogens (tertiary/aromatic N) is 2. The van der Waals surface area contributed by atoms with Gasteiger partial charge in [0.25, 0.3) is 5.91 Å². The summed E-state index contributed by atoms with van der Waals surface area (Å²) < 4.78 is 1.23. The number of benzene rings is 2. The molecule has 1 aliphatic heterocycles. The van der Waals surface area contributed by atoms with Gasteiger partial charge in [0, 0.05) is 24.6 Å². The van der Waals surface area contributed by atoms with Crippen LogP contribution in [0, 0.1) is 13.8 Å². The molecule has 0 spiro atoms. The molecule has 1 saturated heterocycles. The van der Waals surface area contributed by atoms with E-state index in [0.717, 1.165) is 48.1 Å². The second kappa shape index (κ2) is 6.60. The summed E-state index contributed by atoms with van der Waals surface area (Å²) in [7, 11) is 0. The number of amides is 1. The molecule has 1 aliphatic rings. The minimum Gasteiger partial charge on any atom is -0.338 e. The first-order chi connectivity index (χ1) is 12.1. The molecule has 1 aromatic heterocycles. The summed E-state index contributed by atoms with van der Waals surface area (Å²) in [5.74, 6) is 0.507. The van der Waals surface area contributed by atoms with Gasteiger partial charge in [0.1, 0.15) is 0 Å². The average molecular weight is 350 g/mol. The van der Waals surface area contributed by atoms with E-state index in [1.165, 1.54) is 9.71 Å². The minimum atomic E-state index is 0.159. The highest BCUT2D eigenvalue weighted by molar-refractivity contribution is 7.18. The summed E-state index contributed by atoms with van der Waals surface area (Å²) in [6.45, 7) is 5.66. The molecule has 3 nitrogen and oxygen atoms in total. The summed E-state index contributed by atoms with van der Waals surface area (Å²) in [6.07, 6.45) is 2.15. The van der Waals surface area contributed by atoms with E-state index < -0.39 is 0 Å². The third kappa shape index (κ3) is 3.19. The number of carbonyl (C=O) groups is 1. The van der Waals surface area contributed by atoms with Gasteiger partial charge in [0.15, 0.2) is 0 Å². The number of aryl methyl sites for hydroxylation is 2. The molecule has 1 amide bonds. The van der Waals surface area contributed by atoms with E-state index in [0.29, 0.717) is 5.92 Å². The van der Waals surface area contributed by atoms with Crippen molar-refractivity contribution in [1.29, 1.82) is 0 Å². The van der Waals surface area contributed by atoms with Crippen LogP contribution in [0.1, 0.15) is 45.3 Å². The Balaban J connectivity index is 1.58. The molecule has 0 N–H and O–H groups in total. The van der Waals surface area contributed by atoms with Crippen LogP contribution < -0.4 is 0 Å². The van der Waals surface area contributed by atoms with Gasteiger partial charge in [-0.05, 0) is 50.5 Å². The number of aromatic nitrogens is 1. The van der Waals surface area contributed by atoms with Gasteiger partial charge in [0.05, 0.1) is 15.2 Å². The number of hydrogen-bond acceptors (Lipinski definition) is 3. The van der Waals surface area contributed by atoms with E-state index in [2.05, 4.69) is 24.3 Å². The average Bonchev–Trinajstić information content (AvgIpc) is 3.07. The molecule has 4 rings (SSSR count). The number of rotatable bonds is 2. The Labute approximate surface area is 152 Å². The van der Waals surface area contributed by atoms with Crippen LogP contribution >= 0.6 is 11.3 Å². The highest BCUT2D eigenvalue weighted by atomic mass is 32.1. The van der Waals surface area contributed by atoms with Crippen molar-refractivity contribution in [3.63, 3.8) is 0 Å². The molecular formula is C21H22N2OS. The number of para-hydroxylation sites is 1. The Hall–Kier alpha value is -2.20. The predicted molar refractivity (Wildman–Crippen MR) is 103 cm³/mol. The van der Waals surface area contributed by atoms with Crippen LogP contribution in [0.25, 0.3) is 10.2 Å². The van der Waals surface area contributed by atoms with Gasteiger partial charge >= 0.3 is 0 Å². The third-order valence-corrected chi connectivity index (χ3v) is 6.19. The fourth-order valence-corrected chi connectivity index (χ4v) is 4.66. The van der Waals surface area contributed by atoms with Crippen LogP contribution in [0.4, 0.5) is 0 Å². The normalized spacial score (nSPS) is 17.8. The SMILES string of the molecule is Cc1ccc(C)c(C(=O)N2CCC[C@@H](c3nc4ccccc4s3)C2)c1. The molecule has 128 valence electrons. The van der Waals surface area contributed by atoms with Gasteiger partial charge in [-0.15, -0.1) is 11.3 Å². The number of piperidine rings is 1. The maximum atomic E-state index is 13.0. The summed E-state index contributed by atoms with van der Waals surface area (Å²) in [4.78, 5) is 19.9. The van der Waals surface area contributed by atoms with E-state index >= 15 is 0 Å². The molecule has 4 heteroatoms. The monoisotopic (exact) mass is 350 g/mol. The van der Waals surface area contributed by atoms with Gasteiger partial charge in [-0.3, -0.25) is 4.79 Å². The maximum absolute atomic E-state index is 13.0. The summed E-state index contributed by atoms with van der Waals surface area (Å²) in [5.41, 5.74) is 4.09. The lowest BCUT2D eigenvalue weighted by Crippen LogP contribution is -2.39. The van der Waals surface area contributed by atoms with Gasteiger partial charge in [-0.1, -0.05) is 29.8 Å². The zero-order valence-corrected chi connectivity index (χ0v) is 15.5. The highest BCUT2D eigenvalue weighted by Gasteiger charge is 2.28. The summed E-state index contributed by atoms with van der Waals surface area (Å²) >= 11 is 1.77. The topological polar surface area (TPSA) is 33.2 Å². The predicted octanol–water partition coefficient (Wildman–Crippen LogP) is 4.93. The van der Waals surface area contributed by atoms with E-state index in [4.69, 9.17) is 4.98 Å².